The normalized spacial score (nSPS) is 34.8. The van der Waals surface area contributed by atoms with E-state index in [1.165, 1.54) is 12.8 Å². The minimum absolute atomic E-state index is 0.0419. The van der Waals surface area contributed by atoms with Crippen molar-refractivity contribution in [3.63, 3.8) is 0 Å². The number of rotatable bonds is 5. The van der Waals surface area contributed by atoms with Crippen LogP contribution in [-0.4, -0.2) is 29.1 Å². The van der Waals surface area contributed by atoms with Gasteiger partial charge < -0.3 is 4.90 Å². The molecule has 0 aromatic carbocycles. The molecule has 0 radical (unpaired) electrons. The maximum atomic E-state index is 12.9. The number of hydrogen-bond acceptors (Lipinski definition) is 2. The molecule has 3 heteroatoms. The van der Waals surface area contributed by atoms with Gasteiger partial charge in [-0.1, -0.05) is 47.5 Å². The molecule has 3 nitrogen and oxygen atoms in total. The molecule has 1 saturated carbocycles. The summed E-state index contributed by atoms with van der Waals surface area (Å²) < 4.78 is 0. The second kappa shape index (κ2) is 6.05. The second-order valence-corrected chi connectivity index (χ2v) is 7.64. The van der Waals surface area contributed by atoms with Crippen molar-refractivity contribution in [1.29, 1.82) is 0 Å². The quantitative estimate of drug-likeness (QED) is 0.835. The molecule has 0 aromatic heterocycles. The van der Waals surface area contributed by atoms with Gasteiger partial charge in [0.1, 0.15) is 0 Å². The van der Waals surface area contributed by atoms with Crippen LogP contribution in [0.2, 0.25) is 0 Å². The molecule has 2 fully saturated rings. The fourth-order valence-corrected chi connectivity index (χ4v) is 3.88. The highest BCUT2D eigenvalue weighted by Crippen LogP contribution is 2.41. The molecular formula is C17H32N2O. The van der Waals surface area contributed by atoms with Gasteiger partial charge in [-0.25, -0.2) is 0 Å². The smallest absolute Gasteiger partial charge is 0.241 e. The molecule has 1 heterocycles. The third-order valence-electron chi connectivity index (χ3n) is 5.34. The van der Waals surface area contributed by atoms with Crippen molar-refractivity contribution in [2.24, 2.45) is 11.3 Å². The summed E-state index contributed by atoms with van der Waals surface area (Å²) in [7, 11) is 0. The molecule has 2 rings (SSSR count). The van der Waals surface area contributed by atoms with Crippen LogP contribution in [0.5, 0.6) is 0 Å². The molecule has 0 bridgehead atoms. The summed E-state index contributed by atoms with van der Waals surface area (Å²) >= 11 is 0. The Balaban J connectivity index is 2.14. The molecular weight excluding hydrogens is 248 g/mol. The summed E-state index contributed by atoms with van der Waals surface area (Å²) in [4.78, 5) is 15.1. The lowest BCUT2D eigenvalue weighted by Crippen LogP contribution is -2.43. The number of nitrogens with zero attached hydrogens (tertiary/aromatic N) is 1. The third-order valence-corrected chi connectivity index (χ3v) is 5.34. The summed E-state index contributed by atoms with van der Waals surface area (Å²) in [6.07, 6.45) is 7.12. The molecule has 2 aliphatic rings. The fraction of sp³-hybridized carbons (Fsp3) is 0.941. The first-order valence-corrected chi connectivity index (χ1v) is 8.48. The summed E-state index contributed by atoms with van der Waals surface area (Å²) in [6, 6.07) is 0.496. The van der Waals surface area contributed by atoms with Gasteiger partial charge in [0.15, 0.2) is 0 Å². The van der Waals surface area contributed by atoms with Crippen LogP contribution in [0.15, 0.2) is 0 Å². The molecule has 4 atom stereocenters. The number of nitrogens with one attached hydrogen (secondary N) is 1. The highest BCUT2D eigenvalue weighted by atomic mass is 16.2. The largest absolute Gasteiger partial charge is 0.323 e. The molecule has 1 N–H and O–H groups in total. The summed E-state index contributed by atoms with van der Waals surface area (Å²) in [6.45, 7) is 11.2. The zero-order valence-corrected chi connectivity index (χ0v) is 13.9. The van der Waals surface area contributed by atoms with Gasteiger partial charge in [0, 0.05) is 6.04 Å². The minimum Gasteiger partial charge on any atom is -0.323 e. The van der Waals surface area contributed by atoms with Crippen LogP contribution in [0.3, 0.4) is 0 Å². The van der Waals surface area contributed by atoms with E-state index in [1.54, 1.807) is 0 Å². The molecule has 116 valence electrons. The SMILES string of the molecule is CCCC1NC(C(C)CC)C(=O)N1C1CCC(C)(C)C1. The molecule has 1 aliphatic carbocycles. The zero-order chi connectivity index (χ0) is 14.9. The average molecular weight is 280 g/mol. The Kier molecular flexibility index (Phi) is 4.78. The Morgan fingerprint density at radius 2 is 2.10 bits per heavy atom. The van der Waals surface area contributed by atoms with Gasteiger partial charge in [-0.2, -0.15) is 0 Å². The Labute approximate surface area is 124 Å². The lowest BCUT2D eigenvalue weighted by atomic mass is 9.91. The number of carbonyl (C=O) groups is 1. The zero-order valence-electron chi connectivity index (χ0n) is 13.9. The molecule has 20 heavy (non-hydrogen) atoms. The lowest BCUT2D eigenvalue weighted by molar-refractivity contribution is -0.133. The maximum absolute atomic E-state index is 12.9. The summed E-state index contributed by atoms with van der Waals surface area (Å²) in [5, 5.41) is 3.62. The highest BCUT2D eigenvalue weighted by Gasteiger charge is 2.46. The van der Waals surface area contributed by atoms with Gasteiger partial charge in [0.05, 0.1) is 12.2 Å². The van der Waals surface area contributed by atoms with Crippen molar-refractivity contribution in [3.8, 4) is 0 Å². The van der Waals surface area contributed by atoms with E-state index in [4.69, 9.17) is 0 Å². The molecule has 0 aromatic rings. The lowest BCUT2D eigenvalue weighted by Gasteiger charge is -2.31. The standard InChI is InChI=1S/C17H32N2O/c1-6-8-14-18-15(12(3)7-2)16(20)19(14)13-9-10-17(4,5)11-13/h12-15,18H,6-11H2,1-5H3. The predicted octanol–water partition coefficient (Wildman–Crippen LogP) is 3.54. The van der Waals surface area contributed by atoms with E-state index in [0.717, 1.165) is 25.7 Å². The van der Waals surface area contributed by atoms with Crippen molar-refractivity contribution in [2.45, 2.75) is 91.4 Å². The first-order chi connectivity index (χ1) is 9.39. The van der Waals surface area contributed by atoms with Gasteiger partial charge in [-0.15, -0.1) is 0 Å². The molecule has 4 unspecified atom stereocenters. The van der Waals surface area contributed by atoms with Crippen LogP contribution in [0, 0.1) is 11.3 Å². The number of carbonyl (C=O) groups excluding carboxylic acids is 1. The van der Waals surface area contributed by atoms with E-state index in [0.29, 0.717) is 23.3 Å². The van der Waals surface area contributed by atoms with E-state index in [9.17, 15) is 4.79 Å². The fourth-order valence-electron chi connectivity index (χ4n) is 3.88. The summed E-state index contributed by atoms with van der Waals surface area (Å²) in [5.41, 5.74) is 0.399. The average Bonchev–Trinajstić information content (AvgIpc) is 2.89. The van der Waals surface area contributed by atoms with E-state index in [2.05, 4.69) is 44.8 Å². The number of amides is 1. The van der Waals surface area contributed by atoms with Gasteiger partial charge in [0.25, 0.3) is 0 Å². The van der Waals surface area contributed by atoms with Crippen LogP contribution in [0.25, 0.3) is 0 Å². The minimum atomic E-state index is 0.0419. The highest BCUT2D eigenvalue weighted by molar-refractivity contribution is 5.85. The van der Waals surface area contributed by atoms with Crippen molar-refractivity contribution in [1.82, 2.24) is 10.2 Å². The summed E-state index contributed by atoms with van der Waals surface area (Å²) in [5.74, 6) is 0.793. The topological polar surface area (TPSA) is 32.3 Å². The second-order valence-electron chi connectivity index (χ2n) is 7.64. The monoisotopic (exact) mass is 280 g/mol. The molecule has 1 saturated heterocycles. The Morgan fingerprint density at radius 1 is 1.40 bits per heavy atom. The van der Waals surface area contributed by atoms with Crippen LogP contribution >= 0.6 is 0 Å². The maximum Gasteiger partial charge on any atom is 0.241 e. The Morgan fingerprint density at radius 3 is 2.60 bits per heavy atom. The van der Waals surface area contributed by atoms with Crippen LogP contribution in [0.1, 0.15) is 73.1 Å². The first-order valence-electron chi connectivity index (χ1n) is 8.48. The van der Waals surface area contributed by atoms with E-state index in [-0.39, 0.29) is 12.2 Å². The number of hydrogen-bond donors (Lipinski definition) is 1. The van der Waals surface area contributed by atoms with Crippen LogP contribution in [0.4, 0.5) is 0 Å². The van der Waals surface area contributed by atoms with Crippen LogP contribution < -0.4 is 5.32 Å². The Bertz CT molecular complexity index is 353. The van der Waals surface area contributed by atoms with Crippen molar-refractivity contribution in [2.75, 3.05) is 0 Å². The van der Waals surface area contributed by atoms with Gasteiger partial charge >= 0.3 is 0 Å². The van der Waals surface area contributed by atoms with E-state index in [1.807, 2.05) is 0 Å². The van der Waals surface area contributed by atoms with Crippen molar-refractivity contribution < 1.29 is 4.79 Å². The molecule has 1 amide bonds. The van der Waals surface area contributed by atoms with Crippen molar-refractivity contribution in [3.05, 3.63) is 0 Å². The van der Waals surface area contributed by atoms with Crippen LogP contribution in [-0.2, 0) is 4.79 Å². The van der Waals surface area contributed by atoms with Gasteiger partial charge in [-0.05, 0) is 37.0 Å². The van der Waals surface area contributed by atoms with E-state index >= 15 is 0 Å². The van der Waals surface area contributed by atoms with Gasteiger partial charge in [-0.3, -0.25) is 10.1 Å². The van der Waals surface area contributed by atoms with Gasteiger partial charge in [0.2, 0.25) is 5.91 Å². The third kappa shape index (κ3) is 3.03. The van der Waals surface area contributed by atoms with Crippen molar-refractivity contribution >= 4 is 5.91 Å². The Hall–Kier alpha value is -0.570. The predicted molar refractivity (Wildman–Crippen MR) is 83.3 cm³/mol. The molecule has 1 aliphatic heterocycles. The molecule has 0 spiro atoms. The first kappa shape index (κ1) is 15.8. The van der Waals surface area contributed by atoms with E-state index < -0.39 is 0 Å².